The number of aliphatic hydroxyl groups is 1. The van der Waals surface area contributed by atoms with Crippen LogP contribution in [0.5, 0.6) is 0 Å². The molecule has 0 aromatic carbocycles. The third kappa shape index (κ3) is 2.69. The number of likely N-dealkylation sites (tertiary alicyclic amines) is 1. The van der Waals surface area contributed by atoms with E-state index in [1.165, 1.54) is 0 Å². The largest absolute Gasteiger partial charge is 0.394 e. The molecule has 1 aliphatic heterocycles. The molecular formula is C11H22N2O2. The van der Waals surface area contributed by atoms with E-state index in [-0.39, 0.29) is 24.6 Å². The topological polar surface area (TPSA) is 52.6 Å². The number of carbonyl (C=O) groups is 1. The third-order valence-electron chi connectivity index (χ3n) is 3.05. The molecule has 1 unspecified atom stereocenters. The molecule has 0 aromatic rings. The first-order chi connectivity index (χ1) is 7.11. The predicted molar refractivity (Wildman–Crippen MR) is 59.5 cm³/mol. The minimum Gasteiger partial charge on any atom is -0.394 e. The van der Waals surface area contributed by atoms with Crippen molar-refractivity contribution in [2.45, 2.75) is 39.3 Å². The van der Waals surface area contributed by atoms with E-state index in [0.717, 1.165) is 19.5 Å². The summed E-state index contributed by atoms with van der Waals surface area (Å²) < 4.78 is 0. The molecule has 2 N–H and O–H groups in total. The van der Waals surface area contributed by atoms with Gasteiger partial charge in [0.1, 0.15) is 0 Å². The lowest BCUT2D eigenvalue weighted by atomic mass is 10.0. The van der Waals surface area contributed by atoms with Crippen LogP contribution in [0.3, 0.4) is 0 Å². The third-order valence-corrected chi connectivity index (χ3v) is 3.05. The summed E-state index contributed by atoms with van der Waals surface area (Å²) in [6.07, 6.45) is 0.857. The van der Waals surface area contributed by atoms with Gasteiger partial charge in [-0.3, -0.25) is 4.79 Å². The maximum Gasteiger partial charge on any atom is 0.240 e. The Labute approximate surface area is 91.6 Å². The second-order valence-corrected chi connectivity index (χ2v) is 4.42. The minimum absolute atomic E-state index is 0.0267. The van der Waals surface area contributed by atoms with E-state index < -0.39 is 0 Å². The molecule has 1 rings (SSSR count). The molecule has 1 heterocycles. The SMILES string of the molecule is CCNC1CCN([C@@H](CO)C(C)C)C1=O. The number of aliphatic hydroxyl groups excluding tert-OH is 1. The average molecular weight is 214 g/mol. The van der Waals surface area contributed by atoms with Gasteiger partial charge in [0.2, 0.25) is 5.91 Å². The van der Waals surface area contributed by atoms with Crippen molar-refractivity contribution >= 4 is 5.91 Å². The van der Waals surface area contributed by atoms with Crippen LogP contribution in [0.1, 0.15) is 27.2 Å². The van der Waals surface area contributed by atoms with Gasteiger partial charge < -0.3 is 15.3 Å². The van der Waals surface area contributed by atoms with Crippen molar-refractivity contribution in [3.63, 3.8) is 0 Å². The first-order valence-electron chi connectivity index (χ1n) is 5.76. The zero-order valence-electron chi connectivity index (χ0n) is 9.86. The van der Waals surface area contributed by atoms with Gasteiger partial charge in [-0.25, -0.2) is 0 Å². The molecule has 1 saturated heterocycles. The Kier molecular flexibility index (Phi) is 4.54. The molecule has 15 heavy (non-hydrogen) atoms. The fraction of sp³-hybridized carbons (Fsp3) is 0.909. The van der Waals surface area contributed by atoms with Crippen molar-refractivity contribution in [3.8, 4) is 0 Å². The van der Waals surface area contributed by atoms with Crippen LogP contribution in [0, 0.1) is 5.92 Å². The molecule has 0 saturated carbocycles. The zero-order chi connectivity index (χ0) is 11.4. The standard InChI is InChI=1S/C11H22N2O2/c1-4-12-9-5-6-13(11(9)15)10(7-14)8(2)3/h8-10,12,14H,4-7H2,1-3H3/t9?,10-/m0/s1. The van der Waals surface area contributed by atoms with Crippen LogP contribution in [0.2, 0.25) is 0 Å². The highest BCUT2D eigenvalue weighted by Crippen LogP contribution is 2.19. The van der Waals surface area contributed by atoms with Crippen molar-refractivity contribution in [3.05, 3.63) is 0 Å². The highest BCUT2D eigenvalue weighted by atomic mass is 16.3. The van der Waals surface area contributed by atoms with E-state index in [2.05, 4.69) is 5.32 Å². The summed E-state index contributed by atoms with van der Waals surface area (Å²) in [5.41, 5.74) is 0. The van der Waals surface area contributed by atoms with Crippen LogP contribution in [0.4, 0.5) is 0 Å². The number of carbonyl (C=O) groups excluding carboxylic acids is 1. The lowest BCUT2D eigenvalue weighted by Crippen LogP contribution is -2.46. The fourth-order valence-corrected chi connectivity index (χ4v) is 2.14. The molecule has 0 spiro atoms. The summed E-state index contributed by atoms with van der Waals surface area (Å²) in [5, 5.41) is 12.4. The van der Waals surface area contributed by atoms with E-state index in [1.54, 1.807) is 0 Å². The molecule has 0 aromatic heterocycles. The molecule has 1 fully saturated rings. The van der Waals surface area contributed by atoms with E-state index in [4.69, 9.17) is 0 Å². The molecular weight excluding hydrogens is 192 g/mol. The van der Waals surface area contributed by atoms with Gasteiger partial charge in [0, 0.05) is 6.54 Å². The summed E-state index contributed by atoms with van der Waals surface area (Å²) in [4.78, 5) is 13.8. The highest BCUT2D eigenvalue weighted by molar-refractivity contribution is 5.84. The summed E-state index contributed by atoms with van der Waals surface area (Å²) in [6.45, 7) is 7.71. The Morgan fingerprint density at radius 1 is 1.60 bits per heavy atom. The number of nitrogens with one attached hydrogen (secondary N) is 1. The van der Waals surface area contributed by atoms with E-state index in [9.17, 15) is 9.90 Å². The Morgan fingerprint density at radius 2 is 2.27 bits per heavy atom. The quantitative estimate of drug-likeness (QED) is 0.688. The van der Waals surface area contributed by atoms with Gasteiger partial charge in [-0.15, -0.1) is 0 Å². The predicted octanol–water partition coefficient (Wildman–Crippen LogP) is 0.214. The number of hydrogen-bond donors (Lipinski definition) is 2. The summed E-state index contributed by atoms with van der Waals surface area (Å²) in [6, 6.07) is -0.0658. The number of nitrogens with zero attached hydrogens (tertiary/aromatic N) is 1. The number of rotatable bonds is 5. The fourth-order valence-electron chi connectivity index (χ4n) is 2.14. The average Bonchev–Trinajstić information content (AvgIpc) is 2.51. The summed E-state index contributed by atoms with van der Waals surface area (Å²) in [5.74, 6) is 0.448. The van der Waals surface area contributed by atoms with Gasteiger partial charge in [0.05, 0.1) is 18.7 Å². The maximum absolute atomic E-state index is 12.0. The van der Waals surface area contributed by atoms with Crippen LogP contribution in [0.15, 0.2) is 0 Å². The normalized spacial score (nSPS) is 23.9. The van der Waals surface area contributed by atoms with Gasteiger partial charge in [0.25, 0.3) is 0 Å². The number of likely N-dealkylation sites (N-methyl/N-ethyl adjacent to an activating group) is 1. The molecule has 0 radical (unpaired) electrons. The second kappa shape index (κ2) is 5.47. The summed E-state index contributed by atoms with van der Waals surface area (Å²) in [7, 11) is 0. The van der Waals surface area contributed by atoms with Gasteiger partial charge in [0.15, 0.2) is 0 Å². The smallest absolute Gasteiger partial charge is 0.240 e. The highest BCUT2D eigenvalue weighted by Gasteiger charge is 2.35. The molecule has 1 aliphatic rings. The second-order valence-electron chi connectivity index (χ2n) is 4.42. The molecule has 0 aliphatic carbocycles. The van der Waals surface area contributed by atoms with Gasteiger partial charge in [-0.1, -0.05) is 20.8 Å². The Bertz CT molecular complexity index is 219. The lowest BCUT2D eigenvalue weighted by molar-refractivity contribution is -0.133. The number of hydrogen-bond acceptors (Lipinski definition) is 3. The minimum atomic E-state index is -0.0391. The Balaban J connectivity index is 2.61. The van der Waals surface area contributed by atoms with Crippen LogP contribution < -0.4 is 5.32 Å². The van der Waals surface area contributed by atoms with Gasteiger partial charge >= 0.3 is 0 Å². The van der Waals surface area contributed by atoms with Crippen molar-refractivity contribution in [2.75, 3.05) is 19.7 Å². The van der Waals surface area contributed by atoms with E-state index in [1.807, 2.05) is 25.7 Å². The lowest BCUT2D eigenvalue weighted by Gasteiger charge is -2.29. The van der Waals surface area contributed by atoms with Gasteiger partial charge in [-0.05, 0) is 18.9 Å². The van der Waals surface area contributed by atoms with Crippen molar-refractivity contribution in [1.82, 2.24) is 10.2 Å². The zero-order valence-corrected chi connectivity index (χ0v) is 9.86. The molecule has 4 heteroatoms. The van der Waals surface area contributed by atoms with E-state index in [0.29, 0.717) is 5.92 Å². The van der Waals surface area contributed by atoms with Crippen molar-refractivity contribution < 1.29 is 9.90 Å². The first kappa shape index (κ1) is 12.5. The van der Waals surface area contributed by atoms with Gasteiger partial charge in [-0.2, -0.15) is 0 Å². The monoisotopic (exact) mass is 214 g/mol. The Hall–Kier alpha value is -0.610. The van der Waals surface area contributed by atoms with E-state index >= 15 is 0 Å². The van der Waals surface area contributed by atoms with Crippen molar-refractivity contribution in [2.24, 2.45) is 5.92 Å². The molecule has 88 valence electrons. The van der Waals surface area contributed by atoms with Crippen LogP contribution in [-0.2, 0) is 4.79 Å². The maximum atomic E-state index is 12.0. The molecule has 1 amide bonds. The molecule has 2 atom stereocenters. The van der Waals surface area contributed by atoms with Crippen LogP contribution >= 0.6 is 0 Å². The van der Waals surface area contributed by atoms with Crippen LogP contribution in [-0.4, -0.2) is 47.7 Å². The Morgan fingerprint density at radius 3 is 2.73 bits per heavy atom. The first-order valence-corrected chi connectivity index (χ1v) is 5.76. The number of amides is 1. The molecule has 4 nitrogen and oxygen atoms in total. The van der Waals surface area contributed by atoms with Crippen LogP contribution in [0.25, 0.3) is 0 Å². The summed E-state index contributed by atoms with van der Waals surface area (Å²) >= 11 is 0. The van der Waals surface area contributed by atoms with Crippen molar-refractivity contribution in [1.29, 1.82) is 0 Å². The molecule has 0 bridgehead atoms.